The fourth-order valence-corrected chi connectivity index (χ4v) is 2.32. The lowest BCUT2D eigenvalue weighted by molar-refractivity contribution is 0.534. The Morgan fingerprint density at radius 3 is 1.73 bits per heavy atom. The van der Waals surface area contributed by atoms with Crippen molar-refractivity contribution >= 4 is 29.6 Å². The van der Waals surface area contributed by atoms with Crippen LogP contribution in [-0.2, 0) is 18.9 Å². The summed E-state index contributed by atoms with van der Waals surface area (Å²) in [6.07, 6.45) is 0. The molecule has 0 N–H and O–H groups in total. The normalized spacial score (nSPS) is 12.7. The second-order valence-corrected chi connectivity index (χ2v) is 7.12. The Balaban J connectivity index is 3.24. The van der Waals surface area contributed by atoms with E-state index in [1.807, 2.05) is 0 Å². The fraction of sp³-hybridized carbons (Fsp3) is 0.143. The molecule has 0 radical (unpaired) electrons. The van der Waals surface area contributed by atoms with E-state index in [0.29, 0.717) is 0 Å². The minimum Gasteiger partial charge on any atom is -0.233 e. The first-order valence-corrected chi connectivity index (χ1v) is 7.57. The van der Waals surface area contributed by atoms with Gasteiger partial charge < -0.3 is 0 Å². The lowest BCUT2D eigenvalue weighted by Gasteiger charge is -2.00. The van der Waals surface area contributed by atoms with Gasteiger partial charge in [-0.2, -0.15) is 0 Å². The Morgan fingerprint density at radius 1 is 1.00 bits per heavy atom. The van der Waals surface area contributed by atoms with E-state index < -0.39 is 24.9 Å². The summed E-state index contributed by atoms with van der Waals surface area (Å²) in [4.78, 5) is -0.518. The van der Waals surface area contributed by atoms with Crippen molar-refractivity contribution in [3.63, 3.8) is 0 Å². The van der Waals surface area contributed by atoms with Crippen molar-refractivity contribution < 1.29 is 21.2 Å². The van der Waals surface area contributed by atoms with E-state index in [4.69, 9.17) is 10.7 Å². The summed E-state index contributed by atoms with van der Waals surface area (Å²) in [5.74, 6) is 0. The van der Waals surface area contributed by atoms with Crippen LogP contribution >= 0.6 is 10.7 Å². The second kappa shape index (κ2) is 4.07. The predicted molar refractivity (Wildman–Crippen MR) is 52.6 cm³/mol. The lowest BCUT2D eigenvalue weighted by atomic mass is 10.4. The molecule has 0 unspecified atom stereocenters. The van der Waals surface area contributed by atoms with Crippen LogP contribution in [0.1, 0.15) is 0 Å². The zero-order valence-corrected chi connectivity index (χ0v) is 9.61. The van der Waals surface area contributed by atoms with Crippen molar-refractivity contribution in [1.29, 1.82) is 0 Å². The van der Waals surface area contributed by atoms with Crippen LogP contribution in [0.4, 0.5) is 4.39 Å². The molecular weight excluding hydrogens is 267 g/mol. The highest BCUT2D eigenvalue weighted by molar-refractivity contribution is 8.13. The van der Waals surface area contributed by atoms with Gasteiger partial charge in [-0.15, -0.1) is 0 Å². The Kier molecular flexibility index (Phi) is 3.37. The van der Waals surface area contributed by atoms with Crippen molar-refractivity contribution in [2.75, 3.05) is 6.01 Å². The average Bonchev–Trinajstić information content (AvgIpc) is 2.17. The minimum atomic E-state index is -3.97. The van der Waals surface area contributed by atoms with Crippen molar-refractivity contribution in [2.45, 2.75) is 9.79 Å². The van der Waals surface area contributed by atoms with E-state index in [-0.39, 0.29) is 9.79 Å². The smallest absolute Gasteiger partial charge is 0.233 e. The summed E-state index contributed by atoms with van der Waals surface area (Å²) < 4.78 is 55.7. The topological polar surface area (TPSA) is 68.3 Å². The van der Waals surface area contributed by atoms with Gasteiger partial charge in [0.1, 0.15) is 0 Å². The molecular formula is C7H6ClFO4S2. The van der Waals surface area contributed by atoms with Gasteiger partial charge in [0, 0.05) is 10.7 Å². The maximum Gasteiger partial charge on any atom is 0.261 e. The number of sulfone groups is 1. The molecule has 4 nitrogen and oxygen atoms in total. The standard InChI is InChI=1S/C7H6ClFO4S2/c8-15(12,13)7-3-1-6(2-4-7)14(10,11)5-9/h1-4H,5H2. The van der Waals surface area contributed by atoms with Gasteiger partial charge in [-0.3, -0.25) is 0 Å². The van der Waals surface area contributed by atoms with E-state index >= 15 is 0 Å². The summed E-state index contributed by atoms with van der Waals surface area (Å²) in [6, 6.07) is 2.46. The molecule has 1 aromatic rings. The predicted octanol–water partition coefficient (Wildman–Crippen LogP) is 1.31. The first kappa shape index (κ1) is 12.4. The van der Waals surface area contributed by atoms with Crippen molar-refractivity contribution in [3.8, 4) is 0 Å². The van der Waals surface area contributed by atoms with Gasteiger partial charge in [0.2, 0.25) is 9.84 Å². The molecule has 0 aliphatic rings. The maximum atomic E-state index is 12.1. The molecule has 0 aliphatic carbocycles. The Morgan fingerprint density at radius 2 is 1.40 bits per heavy atom. The molecule has 0 bridgehead atoms. The van der Waals surface area contributed by atoms with E-state index in [2.05, 4.69) is 0 Å². The molecule has 0 fully saturated rings. The first-order valence-electron chi connectivity index (χ1n) is 3.61. The third kappa shape index (κ3) is 2.90. The van der Waals surface area contributed by atoms with Crippen molar-refractivity contribution in [3.05, 3.63) is 24.3 Å². The van der Waals surface area contributed by atoms with Crippen molar-refractivity contribution in [1.82, 2.24) is 0 Å². The zero-order chi connectivity index (χ0) is 11.7. The molecule has 0 amide bonds. The van der Waals surface area contributed by atoms with Gasteiger partial charge >= 0.3 is 0 Å². The van der Waals surface area contributed by atoms with Crippen LogP contribution in [0.2, 0.25) is 0 Å². The molecule has 0 atom stereocenters. The van der Waals surface area contributed by atoms with Crippen LogP contribution in [0.25, 0.3) is 0 Å². The van der Waals surface area contributed by atoms with Crippen LogP contribution < -0.4 is 0 Å². The largest absolute Gasteiger partial charge is 0.261 e. The van der Waals surface area contributed by atoms with Crippen LogP contribution in [0.5, 0.6) is 0 Å². The third-order valence-corrected chi connectivity index (χ3v) is 4.26. The van der Waals surface area contributed by atoms with Crippen LogP contribution in [0.15, 0.2) is 34.1 Å². The van der Waals surface area contributed by atoms with Gasteiger partial charge in [0.25, 0.3) is 9.05 Å². The number of hydrogen-bond acceptors (Lipinski definition) is 4. The molecule has 0 saturated heterocycles. The zero-order valence-electron chi connectivity index (χ0n) is 7.22. The summed E-state index contributed by atoms with van der Waals surface area (Å²) in [5.41, 5.74) is 0. The lowest BCUT2D eigenvalue weighted by Crippen LogP contribution is -2.02. The van der Waals surface area contributed by atoms with Crippen molar-refractivity contribution in [2.24, 2.45) is 0 Å². The van der Waals surface area contributed by atoms with Crippen LogP contribution in [0, 0.1) is 0 Å². The summed E-state index contributed by atoms with van der Waals surface area (Å²) in [6.45, 7) is 0. The van der Waals surface area contributed by atoms with E-state index in [9.17, 15) is 21.2 Å². The molecule has 0 saturated carbocycles. The Labute approximate surface area is 91.0 Å². The van der Waals surface area contributed by atoms with Gasteiger partial charge in [0.05, 0.1) is 9.79 Å². The molecule has 0 heterocycles. The van der Waals surface area contributed by atoms with Crippen LogP contribution in [-0.4, -0.2) is 22.8 Å². The Hall–Kier alpha value is -0.660. The van der Waals surface area contributed by atoms with Gasteiger partial charge in [0.15, 0.2) is 6.01 Å². The molecule has 0 aliphatic heterocycles. The van der Waals surface area contributed by atoms with Gasteiger partial charge in [-0.25, -0.2) is 21.2 Å². The van der Waals surface area contributed by atoms with Gasteiger partial charge in [-0.05, 0) is 24.3 Å². The van der Waals surface area contributed by atoms with Gasteiger partial charge in [-0.1, -0.05) is 0 Å². The minimum absolute atomic E-state index is 0.234. The summed E-state index contributed by atoms with van der Waals surface area (Å²) in [7, 11) is -2.85. The Bertz CT molecular complexity index is 547. The van der Waals surface area contributed by atoms with E-state index in [1.165, 1.54) is 0 Å². The molecule has 8 heteroatoms. The van der Waals surface area contributed by atoms with E-state index in [1.54, 1.807) is 0 Å². The van der Waals surface area contributed by atoms with Crippen LogP contribution in [0.3, 0.4) is 0 Å². The molecule has 84 valence electrons. The highest BCUT2D eigenvalue weighted by Gasteiger charge is 2.15. The molecule has 1 aromatic carbocycles. The summed E-state index contributed by atoms with van der Waals surface area (Å²) >= 11 is 0. The first-order chi connectivity index (χ1) is 6.77. The average molecular weight is 273 g/mol. The number of rotatable bonds is 3. The summed E-state index contributed by atoms with van der Waals surface area (Å²) in [5, 5.41) is 0. The molecule has 0 aromatic heterocycles. The third-order valence-electron chi connectivity index (χ3n) is 1.61. The maximum absolute atomic E-state index is 12.1. The number of halogens is 2. The highest BCUT2D eigenvalue weighted by atomic mass is 35.7. The number of hydrogen-bond donors (Lipinski definition) is 0. The number of benzene rings is 1. The molecule has 15 heavy (non-hydrogen) atoms. The fourth-order valence-electron chi connectivity index (χ4n) is 0.873. The number of alkyl halides is 1. The quantitative estimate of drug-likeness (QED) is 0.778. The van der Waals surface area contributed by atoms with E-state index in [0.717, 1.165) is 24.3 Å². The highest BCUT2D eigenvalue weighted by Crippen LogP contribution is 2.18. The molecule has 0 spiro atoms. The molecule has 1 rings (SSSR count). The SMILES string of the molecule is O=S(=O)(Cl)c1ccc(S(=O)(=O)CF)cc1. The second-order valence-electron chi connectivity index (χ2n) is 2.63. The monoisotopic (exact) mass is 272 g/mol.